The zero-order valence-electron chi connectivity index (χ0n) is 7.93. The topological polar surface area (TPSA) is 24.9 Å². The van der Waals surface area contributed by atoms with E-state index in [1.165, 1.54) is 10.4 Å². The Morgan fingerprint density at radius 2 is 2.50 bits per heavy atom. The molecule has 1 N–H and O–H groups in total. The summed E-state index contributed by atoms with van der Waals surface area (Å²) in [6, 6.07) is 2.58. The Balaban J connectivity index is 2.08. The second-order valence-corrected chi connectivity index (χ2v) is 4.78. The van der Waals surface area contributed by atoms with E-state index < -0.39 is 0 Å². The van der Waals surface area contributed by atoms with E-state index in [1.54, 1.807) is 22.7 Å². The van der Waals surface area contributed by atoms with E-state index in [2.05, 4.69) is 27.1 Å². The third-order valence-electron chi connectivity index (χ3n) is 2.16. The first-order valence-electron chi connectivity index (χ1n) is 4.47. The summed E-state index contributed by atoms with van der Waals surface area (Å²) in [6.07, 6.45) is 2.99. The van der Waals surface area contributed by atoms with E-state index in [9.17, 15) is 0 Å². The number of hydrogen-bond acceptors (Lipinski definition) is 4. The molecule has 1 atom stereocenters. The van der Waals surface area contributed by atoms with Gasteiger partial charge >= 0.3 is 0 Å². The maximum atomic E-state index is 4.10. The van der Waals surface area contributed by atoms with E-state index in [1.807, 2.05) is 18.8 Å². The summed E-state index contributed by atoms with van der Waals surface area (Å²) in [6.45, 7) is 0. The molecule has 2 nitrogen and oxygen atoms in total. The monoisotopic (exact) mass is 224 g/mol. The van der Waals surface area contributed by atoms with Gasteiger partial charge in [-0.2, -0.15) is 11.3 Å². The molecule has 2 heterocycles. The second-order valence-electron chi connectivity index (χ2n) is 3.08. The number of likely N-dealkylation sites (N-methyl/N-ethyl adjacent to an activating group) is 1. The van der Waals surface area contributed by atoms with Gasteiger partial charge in [0.15, 0.2) is 0 Å². The molecule has 0 amide bonds. The molecule has 74 valence electrons. The van der Waals surface area contributed by atoms with Gasteiger partial charge in [0.1, 0.15) is 0 Å². The normalized spacial score (nSPS) is 12.9. The van der Waals surface area contributed by atoms with Gasteiger partial charge in [0.2, 0.25) is 0 Å². The maximum absolute atomic E-state index is 4.10. The van der Waals surface area contributed by atoms with Crippen LogP contribution in [0.1, 0.15) is 16.5 Å². The van der Waals surface area contributed by atoms with Crippen LogP contribution in [0.25, 0.3) is 0 Å². The molecule has 0 aromatic carbocycles. The Hall–Kier alpha value is -0.710. The van der Waals surface area contributed by atoms with Crippen LogP contribution in [0.2, 0.25) is 0 Å². The fourth-order valence-corrected chi connectivity index (χ4v) is 2.80. The summed E-state index contributed by atoms with van der Waals surface area (Å²) in [5.41, 5.74) is 3.27. The average Bonchev–Trinajstić information content (AvgIpc) is 2.86. The van der Waals surface area contributed by atoms with Crippen LogP contribution >= 0.6 is 22.7 Å². The van der Waals surface area contributed by atoms with Gasteiger partial charge in [-0.1, -0.05) is 0 Å². The van der Waals surface area contributed by atoms with E-state index in [-0.39, 0.29) is 0 Å². The molecule has 0 bridgehead atoms. The highest BCUT2D eigenvalue weighted by molar-refractivity contribution is 7.09. The second kappa shape index (κ2) is 4.68. The molecule has 0 saturated heterocycles. The van der Waals surface area contributed by atoms with E-state index in [0.717, 1.165) is 6.42 Å². The van der Waals surface area contributed by atoms with Crippen molar-refractivity contribution in [1.29, 1.82) is 0 Å². The maximum Gasteiger partial charge on any atom is 0.0794 e. The average molecular weight is 224 g/mol. The Labute approximate surface area is 91.6 Å². The fourth-order valence-electron chi connectivity index (χ4n) is 1.39. The van der Waals surface area contributed by atoms with Crippen LogP contribution in [-0.2, 0) is 6.42 Å². The highest BCUT2D eigenvalue weighted by Gasteiger charge is 2.11. The zero-order chi connectivity index (χ0) is 9.80. The van der Waals surface area contributed by atoms with Crippen molar-refractivity contribution in [3.8, 4) is 0 Å². The summed E-state index contributed by atoms with van der Waals surface area (Å²) in [5.74, 6) is 0. The van der Waals surface area contributed by atoms with Crippen LogP contribution in [0.4, 0.5) is 0 Å². The summed E-state index contributed by atoms with van der Waals surface area (Å²) >= 11 is 3.46. The van der Waals surface area contributed by atoms with E-state index >= 15 is 0 Å². The third-order valence-corrected chi connectivity index (χ3v) is 3.78. The van der Waals surface area contributed by atoms with Gasteiger partial charge in [-0.25, -0.2) is 0 Å². The molecular weight excluding hydrogens is 212 g/mol. The predicted molar refractivity (Wildman–Crippen MR) is 61.9 cm³/mol. The Morgan fingerprint density at radius 3 is 3.07 bits per heavy atom. The molecule has 14 heavy (non-hydrogen) atoms. The number of aromatic nitrogens is 1. The van der Waals surface area contributed by atoms with Gasteiger partial charge < -0.3 is 5.32 Å². The standard InChI is InChI=1S/C10H12N2S2/c1-11-9(10-5-12-7-14-10)4-8-2-3-13-6-8/h2-3,5-7,9,11H,4H2,1H3. The smallest absolute Gasteiger partial charge is 0.0794 e. The molecule has 0 aliphatic carbocycles. The molecule has 1 unspecified atom stereocenters. The highest BCUT2D eigenvalue weighted by Crippen LogP contribution is 2.22. The summed E-state index contributed by atoms with van der Waals surface area (Å²) in [7, 11) is 2.00. The molecule has 0 spiro atoms. The first kappa shape index (κ1) is 9.83. The van der Waals surface area contributed by atoms with E-state index in [0.29, 0.717) is 6.04 Å². The van der Waals surface area contributed by atoms with Crippen molar-refractivity contribution in [2.75, 3.05) is 7.05 Å². The van der Waals surface area contributed by atoms with Crippen molar-refractivity contribution >= 4 is 22.7 Å². The van der Waals surface area contributed by atoms with Gasteiger partial charge in [0, 0.05) is 17.1 Å². The minimum absolute atomic E-state index is 0.400. The van der Waals surface area contributed by atoms with Crippen molar-refractivity contribution in [3.05, 3.63) is 39.0 Å². The molecule has 0 radical (unpaired) electrons. The first-order chi connectivity index (χ1) is 6.90. The summed E-state index contributed by atoms with van der Waals surface area (Å²) < 4.78 is 0. The van der Waals surface area contributed by atoms with Crippen LogP contribution < -0.4 is 5.32 Å². The molecule has 0 aliphatic heterocycles. The molecule has 2 aromatic heterocycles. The number of nitrogens with zero attached hydrogens (tertiary/aromatic N) is 1. The van der Waals surface area contributed by atoms with Crippen LogP contribution in [0.3, 0.4) is 0 Å². The minimum Gasteiger partial charge on any atom is -0.312 e. The van der Waals surface area contributed by atoms with Gasteiger partial charge in [-0.15, -0.1) is 11.3 Å². The Bertz CT molecular complexity index is 353. The van der Waals surface area contributed by atoms with Crippen molar-refractivity contribution in [3.63, 3.8) is 0 Å². The first-order valence-corrected chi connectivity index (χ1v) is 6.29. The Kier molecular flexibility index (Phi) is 3.29. The van der Waals surface area contributed by atoms with Gasteiger partial charge in [0.05, 0.1) is 5.51 Å². The summed E-state index contributed by atoms with van der Waals surface area (Å²) in [5, 5.41) is 7.64. The van der Waals surface area contributed by atoms with Crippen molar-refractivity contribution in [2.45, 2.75) is 12.5 Å². The lowest BCUT2D eigenvalue weighted by Gasteiger charge is -2.12. The Morgan fingerprint density at radius 1 is 1.57 bits per heavy atom. The van der Waals surface area contributed by atoms with Crippen LogP contribution in [0.5, 0.6) is 0 Å². The van der Waals surface area contributed by atoms with Crippen molar-refractivity contribution < 1.29 is 0 Å². The van der Waals surface area contributed by atoms with E-state index in [4.69, 9.17) is 0 Å². The van der Waals surface area contributed by atoms with Crippen molar-refractivity contribution in [2.24, 2.45) is 0 Å². The molecule has 0 fully saturated rings. The largest absolute Gasteiger partial charge is 0.312 e. The minimum atomic E-state index is 0.400. The van der Waals surface area contributed by atoms with Crippen LogP contribution in [0.15, 0.2) is 28.5 Å². The number of rotatable bonds is 4. The number of hydrogen-bond donors (Lipinski definition) is 1. The van der Waals surface area contributed by atoms with Crippen molar-refractivity contribution in [1.82, 2.24) is 10.3 Å². The predicted octanol–water partition coefficient (Wildman–Crippen LogP) is 2.71. The fraction of sp³-hybridized carbons (Fsp3) is 0.300. The number of thiophene rings is 1. The SMILES string of the molecule is CNC(Cc1ccsc1)c1cncs1. The lowest BCUT2D eigenvalue weighted by molar-refractivity contribution is 0.602. The molecule has 0 saturated carbocycles. The quantitative estimate of drug-likeness (QED) is 0.863. The summed E-state index contributed by atoms with van der Waals surface area (Å²) in [4.78, 5) is 5.41. The molecule has 0 aliphatic rings. The lowest BCUT2D eigenvalue weighted by Crippen LogP contribution is -2.17. The van der Waals surface area contributed by atoms with Gasteiger partial charge in [-0.05, 0) is 35.9 Å². The zero-order valence-corrected chi connectivity index (χ0v) is 9.57. The molecular formula is C10H12N2S2. The highest BCUT2D eigenvalue weighted by atomic mass is 32.1. The lowest BCUT2D eigenvalue weighted by atomic mass is 10.1. The number of nitrogens with one attached hydrogen (secondary N) is 1. The van der Waals surface area contributed by atoms with Gasteiger partial charge in [0.25, 0.3) is 0 Å². The molecule has 2 rings (SSSR count). The molecule has 2 aromatic rings. The van der Waals surface area contributed by atoms with Gasteiger partial charge in [-0.3, -0.25) is 4.98 Å². The molecule has 4 heteroatoms. The van der Waals surface area contributed by atoms with Crippen LogP contribution in [-0.4, -0.2) is 12.0 Å². The van der Waals surface area contributed by atoms with Crippen LogP contribution in [0, 0.1) is 0 Å². The third kappa shape index (κ3) is 2.20. The number of thiazole rings is 1.